The van der Waals surface area contributed by atoms with Gasteiger partial charge in [0.05, 0.1) is 28.6 Å². The number of carbonyl (C=O) groups excluding carboxylic acids is 2. The van der Waals surface area contributed by atoms with E-state index in [1.807, 2.05) is 19.2 Å². The molecule has 160 valence electrons. The lowest BCUT2D eigenvalue weighted by atomic mass is 9.98. The van der Waals surface area contributed by atoms with E-state index in [2.05, 4.69) is 16.5 Å². The van der Waals surface area contributed by atoms with Gasteiger partial charge in [0.2, 0.25) is 5.91 Å². The molecule has 2 fully saturated rings. The number of hydrogen-bond donors (Lipinski definition) is 2. The van der Waals surface area contributed by atoms with E-state index < -0.39 is 15.7 Å². The Hall–Kier alpha value is -2.81. The highest BCUT2D eigenvalue weighted by molar-refractivity contribution is 7.91. The molecule has 0 saturated carbocycles. The second-order valence-electron chi connectivity index (χ2n) is 8.15. The lowest BCUT2D eigenvalue weighted by Gasteiger charge is -2.44. The summed E-state index contributed by atoms with van der Waals surface area (Å²) >= 11 is 0. The van der Waals surface area contributed by atoms with Gasteiger partial charge in [0.25, 0.3) is 5.91 Å². The van der Waals surface area contributed by atoms with Crippen molar-refractivity contribution in [1.29, 1.82) is 0 Å². The van der Waals surface area contributed by atoms with Gasteiger partial charge in [-0.2, -0.15) is 0 Å². The average molecular weight is 431 g/mol. The molecule has 3 N–H and O–H groups in total. The van der Waals surface area contributed by atoms with Crippen molar-refractivity contribution in [2.24, 2.45) is 5.73 Å². The number of nitrogens with one attached hydrogen (secondary N) is 1. The molecule has 0 radical (unpaired) electrons. The number of aromatic nitrogens is 1. The molecule has 2 saturated heterocycles. The van der Waals surface area contributed by atoms with Crippen LogP contribution in [0, 0.1) is 0 Å². The van der Waals surface area contributed by atoms with E-state index in [0.29, 0.717) is 37.0 Å². The lowest BCUT2D eigenvalue weighted by Crippen LogP contribution is -2.60. The first-order valence-electron chi connectivity index (χ1n) is 10.00. The van der Waals surface area contributed by atoms with Crippen LogP contribution in [-0.2, 0) is 14.6 Å². The smallest absolute Gasteiger partial charge is 0.250 e. The summed E-state index contributed by atoms with van der Waals surface area (Å²) in [6.07, 6.45) is 2.44. The summed E-state index contributed by atoms with van der Waals surface area (Å²) in [7, 11) is -0.983. The Balaban J connectivity index is 1.66. The molecule has 0 bridgehead atoms. The van der Waals surface area contributed by atoms with Gasteiger partial charge in [-0.25, -0.2) is 8.42 Å². The summed E-state index contributed by atoms with van der Waals surface area (Å²) in [5.74, 6) is -0.135. The normalized spacial score (nSPS) is 19.4. The van der Waals surface area contributed by atoms with E-state index in [1.165, 1.54) is 6.08 Å². The Morgan fingerprint density at radius 2 is 1.93 bits per heavy atom. The molecule has 2 aliphatic rings. The maximum Gasteiger partial charge on any atom is 0.250 e. The zero-order chi connectivity index (χ0) is 21.6. The molecule has 9 heteroatoms. The maximum atomic E-state index is 12.0. The van der Waals surface area contributed by atoms with Crippen LogP contribution >= 0.6 is 0 Å². The van der Waals surface area contributed by atoms with Gasteiger partial charge in [0.15, 0.2) is 0 Å². The van der Waals surface area contributed by atoms with E-state index in [-0.39, 0.29) is 29.4 Å². The number of anilines is 1. The summed E-state index contributed by atoms with van der Waals surface area (Å²) in [6, 6.07) is 5.77. The van der Waals surface area contributed by atoms with Crippen molar-refractivity contribution in [2.75, 3.05) is 36.5 Å². The fraction of sp³-hybridized carbons (Fsp3) is 0.429. The van der Waals surface area contributed by atoms with Crippen LogP contribution in [0.25, 0.3) is 10.9 Å². The van der Waals surface area contributed by atoms with Gasteiger partial charge in [0, 0.05) is 42.8 Å². The number of benzene rings is 1. The summed E-state index contributed by atoms with van der Waals surface area (Å²) in [5, 5.41) is 0.880. The van der Waals surface area contributed by atoms with Crippen LogP contribution in [0.15, 0.2) is 30.9 Å². The largest absolute Gasteiger partial charge is 0.367 e. The van der Waals surface area contributed by atoms with Crippen molar-refractivity contribution in [3.8, 4) is 0 Å². The van der Waals surface area contributed by atoms with Crippen molar-refractivity contribution in [3.05, 3.63) is 42.1 Å². The Morgan fingerprint density at radius 1 is 1.27 bits per heavy atom. The third kappa shape index (κ3) is 3.58. The minimum Gasteiger partial charge on any atom is -0.367 e. The molecule has 0 spiro atoms. The van der Waals surface area contributed by atoms with Gasteiger partial charge in [-0.05, 0) is 37.1 Å². The van der Waals surface area contributed by atoms with Crippen LogP contribution in [0.5, 0.6) is 0 Å². The number of nitrogens with two attached hydrogens (primary N) is 1. The quantitative estimate of drug-likeness (QED) is 0.696. The zero-order valence-corrected chi connectivity index (χ0v) is 17.7. The monoisotopic (exact) mass is 430 g/mol. The third-order valence-electron chi connectivity index (χ3n) is 6.33. The Morgan fingerprint density at radius 3 is 2.53 bits per heavy atom. The number of rotatable bonds is 5. The van der Waals surface area contributed by atoms with Gasteiger partial charge in [0.1, 0.15) is 9.84 Å². The predicted molar refractivity (Wildman–Crippen MR) is 116 cm³/mol. The number of sulfone groups is 1. The van der Waals surface area contributed by atoms with Crippen LogP contribution in [-0.4, -0.2) is 67.8 Å². The fourth-order valence-electron chi connectivity index (χ4n) is 4.37. The first-order chi connectivity index (χ1) is 14.2. The standard InChI is InChI=1S/C21H26N4O4S/c1-3-19(26)25-11-14(12-25)24(2)18-5-4-15(21(22)27)20-16(18)10-17(23-20)13-6-8-30(28,29)9-7-13/h3-5,10,13-14,23H,1,6-9,11-12H2,2H3,(H2,22,27). The van der Waals surface area contributed by atoms with Crippen molar-refractivity contribution >= 4 is 38.2 Å². The summed E-state index contributed by atoms with van der Waals surface area (Å²) < 4.78 is 23.6. The summed E-state index contributed by atoms with van der Waals surface area (Å²) in [6.45, 7) is 4.74. The van der Waals surface area contributed by atoms with E-state index in [4.69, 9.17) is 5.73 Å². The molecule has 0 unspecified atom stereocenters. The Kier molecular flexibility index (Phi) is 5.09. The number of likely N-dealkylation sites (tertiary alicyclic amines) is 1. The van der Waals surface area contributed by atoms with Crippen molar-refractivity contribution < 1.29 is 18.0 Å². The number of fused-ring (bicyclic) bond motifs is 1. The van der Waals surface area contributed by atoms with Crippen LogP contribution < -0.4 is 10.6 Å². The molecule has 2 aliphatic heterocycles. The minimum atomic E-state index is -2.95. The van der Waals surface area contributed by atoms with Gasteiger partial charge >= 0.3 is 0 Å². The number of aromatic amines is 1. The van der Waals surface area contributed by atoms with E-state index in [1.54, 1.807) is 11.0 Å². The van der Waals surface area contributed by atoms with Gasteiger partial charge in [-0.15, -0.1) is 0 Å². The van der Waals surface area contributed by atoms with Crippen LogP contribution in [0.4, 0.5) is 5.69 Å². The molecule has 8 nitrogen and oxygen atoms in total. The summed E-state index contributed by atoms with van der Waals surface area (Å²) in [5.41, 5.74) is 8.55. The minimum absolute atomic E-state index is 0.0787. The molecule has 2 aromatic rings. The lowest BCUT2D eigenvalue weighted by molar-refractivity contribution is -0.130. The van der Waals surface area contributed by atoms with Gasteiger partial charge < -0.3 is 20.5 Å². The van der Waals surface area contributed by atoms with E-state index in [0.717, 1.165) is 16.8 Å². The highest BCUT2D eigenvalue weighted by Gasteiger charge is 2.33. The molecule has 4 rings (SSSR count). The molecule has 2 amide bonds. The Bertz CT molecular complexity index is 1120. The average Bonchev–Trinajstić information content (AvgIpc) is 3.10. The first kappa shape index (κ1) is 20.5. The second kappa shape index (κ2) is 7.46. The first-order valence-corrected chi connectivity index (χ1v) is 11.8. The second-order valence-corrected chi connectivity index (χ2v) is 10.5. The predicted octanol–water partition coefficient (Wildman–Crippen LogP) is 1.39. The number of amides is 2. The molecule has 30 heavy (non-hydrogen) atoms. The number of primary amides is 1. The molecule has 1 aromatic carbocycles. The van der Waals surface area contributed by atoms with Crippen LogP contribution in [0.3, 0.4) is 0 Å². The SMILES string of the molecule is C=CC(=O)N1CC(N(C)c2ccc(C(N)=O)c3[nH]c(C4CCS(=O)(=O)CC4)cc23)C1. The van der Waals surface area contributed by atoms with Gasteiger partial charge in [-0.3, -0.25) is 9.59 Å². The molecular formula is C21H26N4O4S. The van der Waals surface area contributed by atoms with Crippen molar-refractivity contribution in [1.82, 2.24) is 9.88 Å². The van der Waals surface area contributed by atoms with Crippen LogP contribution in [0.2, 0.25) is 0 Å². The van der Waals surface area contributed by atoms with Gasteiger partial charge in [-0.1, -0.05) is 6.58 Å². The Labute approximate surface area is 175 Å². The fourth-order valence-corrected chi connectivity index (χ4v) is 5.86. The number of H-pyrrole nitrogens is 1. The number of nitrogens with zero attached hydrogens (tertiary/aromatic N) is 2. The molecular weight excluding hydrogens is 404 g/mol. The molecule has 1 aromatic heterocycles. The molecule has 3 heterocycles. The number of carbonyl (C=O) groups is 2. The number of likely N-dealkylation sites (N-methyl/N-ethyl adjacent to an activating group) is 1. The summed E-state index contributed by atoms with van der Waals surface area (Å²) in [4.78, 5) is 30.9. The third-order valence-corrected chi connectivity index (χ3v) is 8.04. The number of hydrogen-bond acceptors (Lipinski definition) is 5. The topological polar surface area (TPSA) is 117 Å². The van der Waals surface area contributed by atoms with E-state index in [9.17, 15) is 18.0 Å². The highest BCUT2D eigenvalue weighted by atomic mass is 32.2. The van der Waals surface area contributed by atoms with Crippen molar-refractivity contribution in [3.63, 3.8) is 0 Å². The highest BCUT2D eigenvalue weighted by Crippen LogP contribution is 2.36. The van der Waals surface area contributed by atoms with E-state index >= 15 is 0 Å². The maximum absolute atomic E-state index is 12.0. The molecule has 0 atom stereocenters. The molecule has 0 aliphatic carbocycles. The zero-order valence-electron chi connectivity index (χ0n) is 16.9. The van der Waals surface area contributed by atoms with Crippen LogP contribution in [0.1, 0.15) is 34.8 Å². The van der Waals surface area contributed by atoms with Crippen molar-refractivity contribution in [2.45, 2.75) is 24.8 Å².